The van der Waals surface area contributed by atoms with Crippen LogP contribution in [0.2, 0.25) is 0 Å². The lowest BCUT2D eigenvalue weighted by Crippen LogP contribution is -2.49. The van der Waals surface area contributed by atoms with Crippen molar-refractivity contribution < 1.29 is 0 Å². The lowest BCUT2D eigenvalue weighted by Gasteiger charge is -2.37. The number of hydrogen-bond acceptors (Lipinski definition) is 2. The van der Waals surface area contributed by atoms with E-state index in [1.807, 2.05) is 0 Å². The summed E-state index contributed by atoms with van der Waals surface area (Å²) in [6.07, 6.45) is 0. The molecule has 2 nitrogen and oxygen atoms in total. The lowest BCUT2D eigenvalue weighted by molar-refractivity contribution is 0.244. The normalized spacial score (nSPS) is 15.5. The number of benzene rings is 1. The zero-order valence-corrected chi connectivity index (χ0v) is 13.5. The van der Waals surface area contributed by atoms with Crippen molar-refractivity contribution in [2.75, 3.05) is 26.7 Å². The molecule has 0 aliphatic rings. The van der Waals surface area contributed by atoms with Crippen molar-refractivity contribution in [3.8, 4) is 0 Å². The summed E-state index contributed by atoms with van der Waals surface area (Å²) in [4.78, 5) is 2.39. The first kappa shape index (κ1) is 16.2. The van der Waals surface area contributed by atoms with Gasteiger partial charge < -0.3 is 10.2 Å². The fraction of sp³-hybridized carbons (Fsp3) is 0.647. The van der Waals surface area contributed by atoms with Gasteiger partial charge in [-0.05, 0) is 39.9 Å². The van der Waals surface area contributed by atoms with Gasteiger partial charge in [-0.2, -0.15) is 0 Å². The Labute approximate surface area is 119 Å². The highest BCUT2D eigenvalue weighted by atomic mass is 15.1. The minimum absolute atomic E-state index is 0.138. The van der Waals surface area contributed by atoms with Gasteiger partial charge in [0.25, 0.3) is 0 Å². The molecule has 1 rings (SSSR count). The second-order valence-electron chi connectivity index (χ2n) is 6.86. The van der Waals surface area contributed by atoms with Gasteiger partial charge in [-0.15, -0.1) is 0 Å². The zero-order chi connectivity index (χ0) is 14.5. The van der Waals surface area contributed by atoms with Gasteiger partial charge in [-0.3, -0.25) is 0 Å². The average Bonchev–Trinajstić information content (AvgIpc) is 2.36. The molecule has 1 N–H and O–H groups in total. The maximum Gasteiger partial charge on any atom is 0.0177 e. The van der Waals surface area contributed by atoms with Crippen molar-refractivity contribution in [2.45, 2.75) is 45.6 Å². The summed E-state index contributed by atoms with van der Waals surface area (Å²) in [6.45, 7) is 14.4. The number of hydrogen-bond donors (Lipinski definition) is 1. The monoisotopic (exact) mass is 262 g/mol. The Bertz CT molecular complexity index is 367. The molecule has 19 heavy (non-hydrogen) atoms. The molecule has 0 aliphatic carbocycles. The number of rotatable bonds is 6. The molecule has 0 aliphatic heterocycles. The molecule has 1 aromatic rings. The second kappa shape index (κ2) is 6.53. The van der Waals surface area contributed by atoms with Crippen LogP contribution in [0.5, 0.6) is 0 Å². The van der Waals surface area contributed by atoms with Gasteiger partial charge in [0.1, 0.15) is 0 Å². The smallest absolute Gasteiger partial charge is 0.0177 e. The molecule has 0 fully saturated rings. The number of nitrogens with zero attached hydrogens (tertiary/aromatic N) is 1. The molecule has 108 valence electrons. The van der Waals surface area contributed by atoms with Crippen LogP contribution in [0.25, 0.3) is 0 Å². The van der Waals surface area contributed by atoms with E-state index in [2.05, 4.69) is 82.2 Å². The third kappa shape index (κ3) is 5.33. The summed E-state index contributed by atoms with van der Waals surface area (Å²) in [5.41, 5.74) is 1.70. The lowest BCUT2D eigenvalue weighted by atomic mass is 9.81. The first-order valence-electron chi connectivity index (χ1n) is 7.26. The third-order valence-electron chi connectivity index (χ3n) is 3.64. The Morgan fingerprint density at radius 1 is 1.05 bits per heavy atom. The summed E-state index contributed by atoms with van der Waals surface area (Å²) < 4.78 is 0. The summed E-state index contributed by atoms with van der Waals surface area (Å²) >= 11 is 0. The Morgan fingerprint density at radius 2 is 1.63 bits per heavy atom. The maximum absolute atomic E-state index is 3.66. The third-order valence-corrected chi connectivity index (χ3v) is 3.64. The van der Waals surface area contributed by atoms with Gasteiger partial charge >= 0.3 is 0 Å². The highest BCUT2D eigenvalue weighted by molar-refractivity contribution is 5.25. The van der Waals surface area contributed by atoms with Gasteiger partial charge in [0.15, 0.2) is 0 Å². The second-order valence-corrected chi connectivity index (χ2v) is 6.86. The van der Waals surface area contributed by atoms with Crippen LogP contribution in [0, 0.1) is 0 Å². The Kier molecular flexibility index (Phi) is 5.57. The minimum atomic E-state index is 0.138. The molecule has 0 radical (unpaired) electrons. The van der Waals surface area contributed by atoms with Gasteiger partial charge in [0.2, 0.25) is 0 Å². The molecule has 1 aromatic carbocycles. The fourth-order valence-electron chi connectivity index (χ4n) is 2.26. The van der Waals surface area contributed by atoms with E-state index in [-0.39, 0.29) is 11.0 Å². The largest absolute Gasteiger partial charge is 0.311 e. The first-order valence-corrected chi connectivity index (χ1v) is 7.26. The van der Waals surface area contributed by atoms with Crippen LogP contribution in [0.1, 0.15) is 40.2 Å². The molecule has 1 atom stereocenters. The van der Waals surface area contributed by atoms with Crippen LogP contribution in [-0.4, -0.2) is 37.1 Å². The van der Waals surface area contributed by atoms with E-state index in [9.17, 15) is 0 Å². The van der Waals surface area contributed by atoms with Gasteiger partial charge in [0.05, 0.1) is 0 Å². The molecule has 1 unspecified atom stereocenters. The van der Waals surface area contributed by atoms with Gasteiger partial charge in [-0.25, -0.2) is 0 Å². The van der Waals surface area contributed by atoms with Crippen molar-refractivity contribution in [2.24, 2.45) is 0 Å². The Hall–Kier alpha value is -0.860. The summed E-state index contributed by atoms with van der Waals surface area (Å²) in [7, 11) is 2.19. The van der Waals surface area contributed by atoms with Crippen molar-refractivity contribution in [3.05, 3.63) is 35.9 Å². The molecule has 0 saturated heterocycles. The average molecular weight is 262 g/mol. The Morgan fingerprint density at radius 3 is 2.11 bits per heavy atom. The van der Waals surface area contributed by atoms with Crippen LogP contribution >= 0.6 is 0 Å². The van der Waals surface area contributed by atoms with E-state index in [0.717, 1.165) is 19.6 Å². The van der Waals surface area contributed by atoms with Crippen LogP contribution in [0.15, 0.2) is 30.3 Å². The van der Waals surface area contributed by atoms with Gasteiger partial charge in [-0.1, -0.05) is 44.2 Å². The van der Waals surface area contributed by atoms with E-state index in [1.165, 1.54) is 5.56 Å². The van der Waals surface area contributed by atoms with E-state index in [1.54, 1.807) is 0 Å². The van der Waals surface area contributed by atoms with E-state index in [4.69, 9.17) is 0 Å². The van der Waals surface area contributed by atoms with Crippen molar-refractivity contribution in [3.63, 3.8) is 0 Å². The van der Waals surface area contributed by atoms with Crippen molar-refractivity contribution in [1.29, 1.82) is 0 Å². The topological polar surface area (TPSA) is 15.3 Å². The van der Waals surface area contributed by atoms with E-state index >= 15 is 0 Å². The minimum Gasteiger partial charge on any atom is -0.311 e. The molecule has 0 saturated carbocycles. The van der Waals surface area contributed by atoms with Crippen molar-refractivity contribution >= 4 is 0 Å². The van der Waals surface area contributed by atoms with Crippen LogP contribution in [0.4, 0.5) is 0 Å². The summed E-state index contributed by atoms with van der Waals surface area (Å²) in [5.74, 6) is 0. The van der Waals surface area contributed by atoms with Crippen LogP contribution in [0.3, 0.4) is 0 Å². The van der Waals surface area contributed by atoms with E-state index < -0.39 is 0 Å². The van der Waals surface area contributed by atoms with Gasteiger partial charge in [0, 0.05) is 24.0 Å². The Balaban J connectivity index is 2.90. The molecule has 2 heteroatoms. The summed E-state index contributed by atoms with van der Waals surface area (Å²) in [5, 5.41) is 3.66. The first-order chi connectivity index (χ1) is 8.77. The number of likely N-dealkylation sites (N-methyl/N-ethyl adjacent to an activating group) is 1. The van der Waals surface area contributed by atoms with Crippen LogP contribution < -0.4 is 5.32 Å². The molecule has 0 aromatic heterocycles. The molecular weight excluding hydrogens is 232 g/mol. The number of nitrogens with one attached hydrogen (secondary N) is 1. The SMILES string of the molecule is CCN(C)CC(C)(CNC(C)(C)C)c1ccccc1. The standard InChI is InChI=1S/C17H30N2/c1-7-19(6)14-17(5,13-18-16(2,3)4)15-11-9-8-10-12-15/h8-12,18H,7,13-14H2,1-6H3. The van der Waals surface area contributed by atoms with E-state index in [0.29, 0.717) is 0 Å². The predicted octanol–water partition coefficient (Wildman–Crippen LogP) is 3.28. The fourth-order valence-corrected chi connectivity index (χ4v) is 2.26. The predicted molar refractivity (Wildman–Crippen MR) is 84.7 cm³/mol. The molecule has 0 amide bonds. The van der Waals surface area contributed by atoms with Crippen molar-refractivity contribution in [1.82, 2.24) is 10.2 Å². The quantitative estimate of drug-likeness (QED) is 0.846. The molecule has 0 heterocycles. The zero-order valence-electron chi connectivity index (χ0n) is 13.5. The highest BCUT2D eigenvalue weighted by Crippen LogP contribution is 2.24. The summed E-state index contributed by atoms with van der Waals surface area (Å²) in [6, 6.07) is 10.8. The maximum atomic E-state index is 3.66. The highest BCUT2D eigenvalue weighted by Gasteiger charge is 2.29. The van der Waals surface area contributed by atoms with Crippen LogP contribution in [-0.2, 0) is 5.41 Å². The molecule has 0 bridgehead atoms. The molecule has 0 spiro atoms. The molecular formula is C17H30N2.